The van der Waals surface area contributed by atoms with Crippen LogP contribution in [0.4, 0.5) is 0 Å². The van der Waals surface area contributed by atoms with Crippen molar-refractivity contribution in [3.05, 3.63) is 29.8 Å². The van der Waals surface area contributed by atoms with Gasteiger partial charge in [0.25, 0.3) is 0 Å². The molecule has 4 nitrogen and oxygen atoms in total. The molecule has 1 rings (SSSR count). The second kappa shape index (κ2) is 5.36. The van der Waals surface area contributed by atoms with Crippen LogP contribution in [-0.2, 0) is 11.2 Å². The Morgan fingerprint density at radius 1 is 1.27 bits per heavy atom. The molecule has 0 amide bonds. The summed E-state index contributed by atoms with van der Waals surface area (Å²) in [5.74, 6) is -0.793. The van der Waals surface area contributed by atoms with Crippen LogP contribution < -0.4 is 0 Å². The molecule has 0 saturated carbocycles. The number of phenolic OH excluding ortho intramolecular Hbond substituents is 1. The highest BCUT2D eigenvalue weighted by Crippen LogP contribution is 2.12. The van der Waals surface area contributed by atoms with Crippen LogP contribution >= 0.6 is 0 Å². The van der Waals surface area contributed by atoms with Gasteiger partial charge in [0.2, 0.25) is 0 Å². The summed E-state index contributed by atoms with van der Waals surface area (Å²) in [6.07, 6.45) is -0.0135. The first-order valence-electron chi connectivity index (χ1n) is 4.75. The number of carboxylic acid groups (broad SMARTS) is 1. The lowest BCUT2D eigenvalue weighted by Gasteiger charge is -2.07. The average Bonchev–Trinajstić information content (AvgIpc) is 2.16. The molecule has 0 aliphatic rings. The first-order valence-corrected chi connectivity index (χ1v) is 4.75. The van der Waals surface area contributed by atoms with Crippen molar-refractivity contribution < 1.29 is 20.1 Å². The number of aryl methyl sites for hydroxylation is 1. The third-order valence-electron chi connectivity index (χ3n) is 2.11. The molecule has 0 aliphatic heterocycles. The van der Waals surface area contributed by atoms with Crippen molar-refractivity contribution in [2.75, 3.05) is 0 Å². The molecule has 0 unspecified atom stereocenters. The standard InChI is InChI=1S/C11H14O4/c12-9-4-1-8(2-5-9)3-6-10(13)7-11(14)15/h1-2,4-5,10,12-13H,3,6-7H2,(H,14,15)/t10-/m1/s1. The Morgan fingerprint density at radius 2 is 1.87 bits per heavy atom. The number of aliphatic hydroxyl groups is 1. The van der Waals surface area contributed by atoms with Crippen molar-refractivity contribution in [2.24, 2.45) is 0 Å². The smallest absolute Gasteiger partial charge is 0.305 e. The number of aliphatic carboxylic acids is 1. The van der Waals surface area contributed by atoms with Crippen molar-refractivity contribution >= 4 is 5.97 Å². The lowest BCUT2D eigenvalue weighted by Crippen LogP contribution is -2.13. The van der Waals surface area contributed by atoms with E-state index in [1.165, 1.54) is 0 Å². The number of carbonyl (C=O) groups is 1. The maximum atomic E-state index is 10.3. The van der Waals surface area contributed by atoms with Gasteiger partial charge in [-0.1, -0.05) is 12.1 Å². The fraction of sp³-hybridized carbons (Fsp3) is 0.364. The van der Waals surface area contributed by atoms with E-state index in [0.717, 1.165) is 5.56 Å². The van der Waals surface area contributed by atoms with Crippen LogP contribution in [0, 0.1) is 0 Å². The van der Waals surface area contributed by atoms with Gasteiger partial charge in [-0.25, -0.2) is 0 Å². The van der Waals surface area contributed by atoms with Crippen LogP contribution in [0.5, 0.6) is 5.75 Å². The van der Waals surface area contributed by atoms with Gasteiger partial charge in [-0.3, -0.25) is 4.79 Å². The summed E-state index contributed by atoms with van der Waals surface area (Å²) in [5, 5.41) is 26.8. The quantitative estimate of drug-likeness (QED) is 0.681. The summed E-state index contributed by atoms with van der Waals surface area (Å²) in [6.45, 7) is 0. The normalized spacial score (nSPS) is 12.3. The Labute approximate surface area is 87.8 Å². The molecule has 15 heavy (non-hydrogen) atoms. The van der Waals surface area contributed by atoms with Crippen LogP contribution in [-0.4, -0.2) is 27.4 Å². The number of hydrogen-bond donors (Lipinski definition) is 3. The number of phenols is 1. The third-order valence-corrected chi connectivity index (χ3v) is 2.11. The van der Waals surface area contributed by atoms with Gasteiger partial charge < -0.3 is 15.3 Å². The predicted molar refractivity (Wildman–Crippen MR) is 54.7 cm³/mol. The molecule has 0 aromatic heterocycles. The van der Waals surface area contributed by atoms with Crippen LogP contribution in [0.25, 0.3) is 0 Å². The Bertz CT molecular complexity index is 318. The third kappa shape index (κ3) is 4.46. The molecule has 0 fully saturated rings. The van der Waals surface area contributed by atoms with Crippen molar-refractivity contribution in [2.45, 2.75) is 25.4 Å². The van der Waals surface area contributed by atoms with Crippen molar-refractivity contribution in [3.63, 3.8) is 0 Å². The van der Waals surface area contributed by atoms with Gasteiger partial charge in [0, 0.05) is 0 Å². The highest BCUT2D eigenvalue weighted by atomic mass is 16.4. The molecule has 1 aromatic rings. The minimum atomic E-state index is -0.992. The number of hydrogen-bond acceptors (Lipinski definition) is 3. The SMILES string of the molecule is O=C(O)C[C@H](O)CCc1ccc(O)cc1. The Kier molecular flexibility index (Phi) is 4.12. The van der Waals surface area contributed by atoms with Gasteiger partial charge in [-0.05, 0) is 30.5 Å². The Morgan fingerprint density at radius 3 is 2.40 bits per heavy atom. The fourth-order valence-electron chi connectivity index (χ4n) is 1.30. The molecular formula is C11H14O4. The minimum Gasteiger partial charge on any atom is -0.508 e. The second-order valence-electron chi connectivity index (χ2n) is 3.46. The van der Waals surface area contributed by atoms with Gasteiger partial charge in [0.15, 0.2) is 0 Å². The molecule has 0 radical (unpaired) electrons. The van der Waals surface area contributed by atoms with Crippen molar-refractivity contribution in [1.29, 1.82) is 0 Å². The molecule has 1 aromatic carbocycles. The summed E-state index contributed by atoms with van der Waals surface area (Å²) < 4.78 is 0. The molecule has 0 heterocycles. The molecule has 0 bridgehead atoms. The van der Waals surface area contributed by atoms with Gasteiger partial charge in [-0.2, -0.15) is 0 Å². The van der Waals surface area contributed by atoms with E-state index in [-0.39, 0.29) is 12.2 Å². The zero-order valence-electron chi connectivity index (χ0n) is 8.26. The molecule has 0 saturated heterocycles. The second-order valence-corrected chi connectivity index (χ2v) is 3.46. The monoisotopic (exact) mass is 210 g/mol. The van der Waals surface area contributed by atoms with E-state index in [4.69, 9.17) is 10.2 Å². The first-order chi connectivity index (χ1) is 7.08. The van der Waals surface area contributed by atoms with E-state index in [2.05, 4.69) is 0 Å². The van der Waals surface area contributed by atoms with Gasteiger partial charge in [0.05, 0.1) is 12.5 Å². The Hall–Kier alpha value is -1.55. The number of aromatic hydroxyl groups is 1. The molecular weight excluding hydrogens is 196 g/mol. The highest BCUT2D eigenvalue weighted by Gasteiger charge is 2.09. The predicted octanol–water partition coefficient (Wildman–Crippen LogP) is 1.16. The van der Waals surface area contributed by atoms with Crippen LogP contribution in [0.1, 0.15) is 18.4 Å². The van der Waals surface area contributed by atoms with Gasteiger partial charge in [-0.15, -0.1) is 0 Å². The maximum Gasteiger partial charge on any atom is 0.305 e. The number of benzene rings is 1. The molecule has 0 spiro atoms. The van der Waals surface area contributed by atoms with E-state index in [0.29, 0.717) is 12.8 Å². The van der Waals surface area contributed by atoms with Gasteiger partial charge >= 0.3 is 5.97 Å². The number of aliphatic hydroxyl groups excluding tert-OH is 1. The van der Waals surface area contributed by atoms with Gasteiger partial charge in [0.1, 0.15) is 5.75 Å². The molecule has 82 valence electrons. The summed E-state index contributed by atoms with van der Waals surface area (Å²) in [7, 11) is 0. The van der Waals surface area contributed by atoms with E-state index < -0.39 is 12.1 Å². The molecule has 1 atom stereocenters. The summed E-state index contributed by atoms with van der Waals surface area (Å²) in [5.41, 5.74) is 0.970. The number of rotatable bonds is 5. The number of carboxylic acids is 1. The molecule has 0 aliphatic carbocycles. The van der Waals surface area contributed by atoms with Crippen LogP contribution in [0.2, 0.25) is 0 Å². The van der Waals surface area contributed by atoms with Crippen LogP contribution in [0.15, 0.2) is 24.3 Å². The molecule has 4 heteroatoms. The average molecular weight is 210 g/mol. The van der Waals surface area contributed by atoms with Crippen molar-refractivity contribution in [3.8, 4) is 5.75 Å². The zero-order valence-corrected chi connectivity index (χ0v) is 8.26. The topological polar surface area (TPSA) is 77.8 Å². The maximum absolute atomic E-state index is 10.3. The van der Waals surface area contributed by atoms with Crippen molar-refractivity contribution in [1.82, 2.24) is 0 Å². The zero-order chi connectivity index (χ0) is 11.3. The summed E-state index contributed by atoms with van der Waals surface area (Å²) in [4.78, 5) is 10.3. The lowest BCUT2D eigenvalue weighted by atomic mass is 10.1. The first kappa shape index (κ1) is 11.5. The minimum absolute atomic E-state index is 0.199. The highest BCUT2D eigenvalue weighted by molar-refractivity contribution is 5.67. The Balaban J connectivity index is 2.36. The van der Waals surface area contributed by atoms with Crippen LogP contribution in [0.3, 0.4) is 0 Å². The van der Waals surface area contributed by atoms with E-state index in [1.54, 1.807) is 24.3 Å². The summed E-state index contributed by atoms with van der Waals surface area (Å²) in [6, 6.07) is 6.64. The lowest BCUT2D eigenvalue weighted by molar-refractivity contribution is -0.139. The van der Waals surface area contributed by atoms with E-state index in [9.17, 15) is 9.90 Å². The van der Waals surface area contributed by atoms with E-state index in [1.807, 2.05) is 0 Å². The molecule has 3 N–H and O–H groups in total. The largest absolute Gasteiger partial charge is 0.508 e. The summed E-state index contributed by atoms with van der Waals surface area (Å²) >= 11 is 0. The van der Waals surface area contributed by atoms with E-state index >= 15 is 0 Å². The fourth-order valence-corrected chi connectivity index (χ4v) is 1.30.